The summed E-state index contributed by atoms with van der Waals surface area (Å²) in [6.07, 6.45) is 0. The van der Waals surface area contributed by atoms with Crippen LogP contribution < -0.4 is 19.5 Å². The van der Waals surface area contributed by atoms with E-state index in [2.05, 4.69) is 5.32 Å². The lowest BCUT2D eigenvalue weighted by Crippen LogP contribution is -2.38. The highest BCUT2D eigenvalue weighted by Crippen LogP contribution is 2.25. The Bertz CT molecular complexity index is 673. The normalized spacial score (nSPS) is 10.0. The molecule has 0 unspecified atom stereocenters. The summed E-state index contributed by atoms with van der Waals surface area (Å²) in [5.74, 6) is 2.13. The summed E-state index contributed by atoms with van der Waals surface area (Å²) in [6, 6.07) is 14.9. The second-order valence-electron chi connectivity index (χ2n) is 5.44. The Morgan fingerprint density at radius 3 is 2.32 bits per heavy atom. The Hall–Kier alpha value is -2.89. The van der Waals surface area contributed by atoms with Crippen molar-refractivity contribution in [3.8, 4) is 17.2 Å². The molecule has 0 fully saturated rings. The largest absolute Gasteiger partial charge is 0.497 e. The van der Waals surface area contributed by atoms with E-state index in [1.807, 2.05) is 48.5 Å². The Balaban J connectivity index is 1.73. The number of ether oxygens (including phenoxy) is 3. The van der Waals surface area contributed by atoms with Crippen molar-refractivity contribution in [2.24, 2.45) is 0 Å². The maximum Gasteiger partial charge on any atom is 0.317 e. The molecule has 0 atom stereocenters. The molecule has 0 aromatic heterocycles. The Morgan fingerprint density at radius 1 is 1.00 bits per heavy atom. The molecule has 1 N–H and O–H groups in total. The Kier molecular flexibility index (Phi) is 6.95. The predicted molar refractivity (Wildman–Crippen MR) is 96.3 cm³/mol. The quantitative estimate of drug-likeness (QED) is 0.748. The number of urea groups is 1. The van der Waals surface area contributed by atoms with Crippen LogP contribution in [-0.2, 0) is 6.54 Å². The van der Waals surface area contributed by atoms with Gasteiger partial charge in [0, 0.05) is 13.6 Å². The van der Waals surface area contributed by atoms with Crippen molar-refractivity contribution < 1.29 is 19.0 Å². The molecule has 0 heterocycles. The van der Waals surface area contributed by atoms with Gasteiger partial charge >= 0.3 is 6.03 Å². The highest BCUT2D eigenvalue weighted by molar-refractivity contribution is 5.73. The van der Waals surface area contributed by atoms with Crippen molar-refractivity contribution in [1.82, 2.24) is 10.2 Å². The minimum Gasteiger partial charge on any atom is -0.497 e. The summed E-state index contributed by atoms with van der Waals surface area (Å²) in [6.45, 7) is 1.29. The molecule has 2 amide bonds. The van der Waals surface area contributed by atoms with E-state index in [-0.39, 0.29) is 6.03 Å². The highest BCUT2D eigenvalue weighted by Gasteiger charge is 2.09. The van der Waals surface area contributed by atoms with Crippen LogP contribution in [0.2, 0.25) is 0 Å². The predicted octanol–water partition coefficient (Wildman–Crippen LogP) is 2.92. The number of rotatable bonds is 8. The number of benzene rings is 2. The third-order valence-corrected chi connectivity index (χ3v) is 3.63. The summed E-state index contributed by atoms with van der Waals surface area (Å²) in [7, 11) is 4.97. The van der Waals surface area contributed by atoms with Crippen LogP contribution in [-0.4, -0.2) is 45.3 Å². The number of para-hydroxylation sites is 2. The van der Waals surface area contributed by atoms with E-state index in [0.717, 1.165) is 11.3 Å². The number of carbonyl (C=O) groups is 1. The first-order valence-electron chi connectivity index (χ1n) is 8.01. The van der Waals surface area contributed by atoms with Gasteiger partial charge in [0.15, 0.2) is 11.5 Å². The first-order chi connectivity index (χ1) is 12.1. The van der Waals surface area contributed by atoms with Crippen LogP contribution in [0, 0.1) is 0 Å². The summed E-state index contributed by atoms with van der Waals surface area (Å²) >= 11 is 0. The lowest BCUT2D eigenvalue weighted by atomic mass is 10.2. The van der Waals surface area contributed by atoms with Crippen LogP contribution in [0.4, 0.5) is 4.79 Å². The molecule has 25 heavy (non-hydrogen) atoms. The van der Waals surface area contributed by atoms with E-state index in [1.54, 1.807) is 26.2 Å². The van der Waals surface area contributed by atoms with Crippen LogP contribution in [0.5, 0.6) is 17.2 Å². The minimum absolute atomic E-state index is 0.153. The lowest BCUT2D eigenvalue weighted by molar-refractivity contribution is 0.203. The van der Waals surface area contributed by atoms with E-state index in [0.29, 0.717) is 31.2 Å². The number of amides is 2. The molecule has 0 radical (unpaired) electrons. The van der Waals surface area contributed by atoms with Gasteiger partial charge in [0.25, 0.3) is 0 Å². The first-order valence-corrected chi connectivity index (χ1v) is 8.01. The lowest BCUT2D eigenvalue weighted by Gasteiger charge is -2.18. The average molecular weight is 344 g/mol. The van der Waals surface area contributed by atoms with Crippen molar-refractivity contribution >= 4 is 6.03 Å². The van der Waals surface area contributed by atoms with E-state index >= 15 is 0 Å². The molecular weight excluding hydrogens is 320 g/mol. The molecule has 0 aliphatic rings. The summed E-state index contributed by atoms with van der Waals surface area (Å²) in [4.78, 5) is 13.7. The molecule has 0 saturated carbocycles. The molecule has 134 valence electrons. The Labute approximate surface area is 148 Å². The standard InChI is InChI=1S/C19H24N2O4/c1-21(14-15-8-10-16(23-2)11-9-15)19(22)20-12-13-25-18-7-5-4-6-17(18)24-3/h4-11H,12-14H2,1-3H3,(H,20,22). The molecule has 6 heteroatoms. The fraction of sp³-hybridized carbons (Fsp3) is 0.316. The van der Waals surface area contributed by atoms with Gasteiger partial charge in [-0.3, -0.25) is 0 Å². The smallest absolute Gasteiger partial charge is 0.317 e. The number of carbonyl (C=O) groups excluding carboxylic acids is 1. The van der Waals surface area contributed by atoms with Crippen LogP contribution in [0.15, 0.2) is 48.5 Å². The van der Waals surface area contributed by atoms with Gasteiger partial charge in [0.2, 0.25) is 0 Å². The third kappa shape index (κ3) is 5.60. The van der Waals surface area contributed by atoms with Gasteiger partial charge in [-0.2, -0.15) is 0 Å². The summed E-state index contributed by atoms with van der Waals surface area (Å²) in [5.41, 5.74) is 1.03. The number of nitrogens with one attached hydrogen (secondary N) is 1. The summed E-state index contributed by atoms with van der Waals surface area (Å²) < 4.78 is 16.0. The van der Waals surface area contributed by atoms with E-state index < -0.39 is 0 Å². The second-order valence-corrected chi connectivity index (χ2v) is 5.44. The molecule has 0 spiro atoms. The van der Waals surface area contributed by atoms with Crippen molar-refractivity contribution in [3.05, 3.63) is 54.1 Å². The zero-order valence-corrected chi connectivity index (χ0v) is 14.8. The SMILES string of the molecule is COc1ccc(CN(C)C(=O)NCCOc2ccccc2OC)cc1. The fourth-order valence-corrected chi connectivity index (χ4v) is 2.27. The number of hydrogen-bond acceptors (Lipinski definition) is 4. The van der Waals surface area contributed by atoms with Crippen molar-refractivity contribution in [2.45, 2.75) is 6.54 Å². The molecule has 0 saturated heterocycles. The molecule has 2 aromatic carbocycles. The molecule has 0 bridgehead atoms. The minimum atomic E-state index is -0.153. The topological polar surface area (TPSA) is 60.0 Å². The molecular formula is C19H24N2O4. The van der Waals surface area contributed by atoms with E-state index in [9.17, 15) is 4.79 Å². The first kappa shape index (κ1) is 18.4. The van der Waals surface area contributed by atoms with Gasteiger partial charge < -0.3 is 24.4 Å². The zero-order chi connectivity index (χ0) is 18.1. The molecule has 2 rings (SSSR count). The zero-order valence-electron chi connectivity index (χ0n) is 14.8. The molecule has 0 aliphatic heterocycles. The monoisotopic (exact) mass is 344 g/mol. The van der Waals surface area contributed by atoms with Gasteiger partial charge in [0.05, 0.1) is 20.8 Å². The van der Waals surface area contributed by atoms with Crippen molar-refractivity contribution in [2.75, 3.05) is 34.4 Å². The van der Waals surface area contributed by atoms with E-state index in [1.165, 1.54) is 0 Å². The van der Waals surface area contributed by atoms with Gasteiger partial charge in [0.1, 0.15) is 12.4 Å². The van der Waals surface area contributed by atoms with Crippen LogP contribution in [0.1, 0.15) is 5.56 Å². The van der Waals surface area contributed by atoms with Gasteiger partial charge in [-0.1, -0.05) is 24.3 Å². The molecule has 2 aromatic rings. The van der Waals surface area contributed by atoms with Crippen LogP contribution in [0.3, 0.4) is 0 Å². The van der Waals surface area contributed by atoms with Crippen LogP contribution >= 0.6 is 0 Å². The van der Waals surface area contributed by atoms with Crippen molar-refractivity contribution in [1.29, 1.82) is 0 Å². The highest BCUT2D eigenvalue weighted by atomic mass is 16.5. The van der Waals surface area contributed by atoms with Gasteiger partial charge in [-0.05, 0) is 29.8 Å². The average Bonchev–Trinajstić information content (AvgIpc) is 2.65. The number of methoxy groups -OCH3 is 2. The fourth-order valence-electron chi connectivity index (χ4n) is 2.27. The Morgan fingerprint density at radius 2 is 1.68 bits per heavy atom. The molecule has 6 nitrogen and oxygen atoms in total. The van der Waals surface area contributed by atoms with Crippen molar-refractivity contribution in [3.63, 3.8) is 0 Å². The third-order valence-electron chi connectivity index (χ3n) is 3.63. The molecule has 0 aliphatic carbocycles. The number of nitrogens with zero attached hydrogens (tertiary/aromatic N) is 1. The summed E-state index contributed by atoms with van der Waals surface area (Å²) in [5, 5.41) is 2.83. The van der Waals surface area contributed by atoms with Gasteiger partial charge in [-0.15, -0.1) is 0 Å². The number of hydrogen-bond donors (Lipinski definition) is 1. The van der Waals surface area contributed by atoms with Crippen LogP contribution in [0.25, 0.3) is 0 Å². The maximum absolute atomic E-state index is 12.1. The maximum atomic E-state index is 12.1. The van der Waals surface area contributed by atoms with E-state index in [4.69, 9.17) is 14.2 Å². The van der Waals surface area contributed by atoms with Gasteiger partial charge in [-0.25, -0.2) is 4.79 Å². The second kappa shape index (κ2) is 9.42.